The maximum absolute atomic E-state index is 12.6. The monoisotopic (exact) mass is 418 g/mol. The zero-order chi connectivity index (χ0) is 20.4. The van der Waals surface area contributed by atoms with Crippen molar-refractivity contribution in [2.24, 2.45) is 0 Å². The summed E-state index contributed by atoms with van der Waals surface area (Å²) in [5.41, 5.74) is 2.49. The topological polar surface area (TPSA) is 99.1 Å². The summed E-state index contributed by atoms with van der Waals surface area (Å²) >= 11 is 0. The van der Waals surface area contributed by atoms with Crippen molar-refractivity contribution < 1.29 is 23.4 Å². The molecule has 2 aromatic carbocycles. The van der Waals surface area contributed by atoms with Crippen LogP contribution in [0.3, 0.4) is 0 Å². The van der Waals surface area contributed by atoms with Crippen LogP contribution in [-0.2, 0) is 27.7 Å². The largest absolute Gasteiger partial charge is 0.394 e. The molecular formula is C21H26N2O5S. The van der Waals surface area contributed by atoms with Crippen molar-refractivity contribution in [1.29, 1.82) is 0 Å². The average Bonchev–Trinajstić information content (AvgIpc) is 3.08. The van der Waals surface area contributed by atoms with E-state index in [-0.39, 0.29) is 18.0 Å². The standard InChI is InChI=1S/C21H26N2O5S/c24-14-19-21(25)20(23-11-10-15-6-4-5-7-16(15)13-23)18(28-19)12-22-29(26,27)17-8-2-1-3-9-17/h1-9,18-22,24-25H,10-14H2/t18-,19-,20-,21+/m0/s1. The van der Waals surface area contributed by atoms with E-state index in [2.05, 4.69) is 21.8 Å². The molecule has 4 atom stereocenters. The number of benzene rings is 2. The van der Waals surface area contributed by atoms with E-state index in [1.807, 2.05) is 12.1 Å². The van der Waals surface area contributed by atoms with Crippen molar-refractivity contribution >= 4 is 10.0 Å². The van der Waals surface area contributed by atoms with E-state index in [4.69, 9.17) is 4.74 Å². The Morgan fingerprint density at radius 1 is 1.03 bits per heavy atom. The maximum atomic E-state index is 12.6. The Bertz CT molecular complexity index is 937. The van der Waals surface area contributed by atoms with Crippen LogP contribution in [0.4, 0.5) is 0 Å². The number of rotatable bonds is 6. The Kier molecular flexibility index (Phi) is 6.00. The minimum atomic E-state index is -3.68. The Balaban J connectivity index is 1.51. The third kappa shape index (κ3) is 4.23. The minimum Gasteiger partial charge on any atom is -0.394 e. The second-order valence-electron chi connectivity index (χ2n) is 7.53. The molecule has 0 unspecified atom stereocenters. The zero-order valence-corrected chi connectivity index (χ0v) is 16.8. The predicted octanol–water partition coefficient (Wildman–Crippen LogP) is 0.512. The number of aliphatic hydroxyl groups is 2. The fraction of sp³-hybridized carbons (Fsp3) is 0.429. The fourth-order valence-electron chi connectivity index (χ4n) is 4.24. The van der Waals surface area contributed by atoms with E-state index in [0.29, 0.717) is 6.54 Å². The van der Waals surface area contributed by atoms with Gasteiger partial charge in [0.15, 0.2) is 0 Å². The highest BCUT2D eigenvalue weighted by molar-refractivity contribution is 7.89. The molecule has 156 valence electrons. The molecule has 0 aromatic heterocycles. The van der Waals surface area contributed by atoms with Gasteiger partial charge in [-0.25, -0.2) is 13.1 Å². The molecule has 2 heterocycles. The normalized spacial score (nSPS) is 27.7. The summed E-state index contributed by atoms with van der Waals surface area (Å²) in [6.45, 7) is 1.10. The molecule has 2 aromatic rings. The van der Waals surface area contributed by atoms with E-state index in [0.717, 1.165) is 13.0 Å². The van der Waals surface area contributed by atoms with E-state index in [1.165, 1.54) is 23.3 Å². The molecule has 7 nitrogen and oxygen atoms in total. The first-order chi connectivity index (χ1) is 14.0. The van der Waals surface area contributed by atoms with Crippen molar-refractivity contribution in [3.8, 4) is 0 Å². The third-order valence-corrected chi connectivity index (χ3v) is 7.19. The molecule has 4 rings (SSSR count). The van der Waals surface area contributed by atoms with Gasteiger partial charge in [0.1, 0.15) is 12.2 Å². The molecule has 1 fully saturated rings. The molecule has 3 N–H and O–H groups in total. The number of sulfonamides is 1. The number of hydrogen-bond acceptors (Lipinski definition) is 6. The smallest absolute Gasteiger partial charge is 0.240 e. The molecule has 0 bridgehead atoms. The average molecular weight is 419 g/mol. The van der Waals surface area contributed by atoms with Gasteiger partial charge < -0.3 is 14.9 Å². The van der Waals surface area contributed by atoms with Crippen LogP contribution in [0.15, 0.2) is 59.5 Å². The maximum Gasteiger partial charge on any atom is 0.240 e. The lowest BCUT2D eigenvalue weighted by atomic mass is 9.95. The number of nitrogens with zero attached hydrogens (tertiary/aromatic N) is 1. The highest BCUT2D eigenvalue weighted by Crippen LogP contribution is 2.30. The van der Waals surface area contributed by atoms with E-state index in [1.54, 1.807) is 18.2 Å². The molecule has 2 aliphatic rings. The lowest BCUT2D eigenvalue weighted by Gasteiger charge is -2.37. The second kappa shape index (κ2) is 8.51. The van der Waals surface area contributed by atoms with Gasteiger partial charge in [-0.15, -0.1) is 0 Å². The lowest BCUT2D eigenvalue weighted by Crippen LogP contribution is -2.52. The molecule has 29 heavy (non-hydrogen) atoms. The summed E-state index contributed by atoms with van der Waals surface area (Å²) in [5.74, 6) is 0. The molecular weight excluding hydrogens is 392 g/mol. The first-order valence-corrected chi connectivity index (χ1v) is 11.3. The van der Waals surface area contributed by atoms with Crippen LogP contribution in [0, 0.1) is 0 Å². The first kappa shape index (κ1) is 20.5. The summed E-state index contributed by atoms with van der Waals surface area (Å²) in [4.78, 5) is 2.31. The fourth-order valence-corrected chi connectivity index (χ4v) is 5.31. The minimum absolute atomic E-state index is 0.0214. The van der Waals surface area contributed by atoms with Crippen molar-refractivity contribution in [3.05, 3.63) is 65.7 Å². The highest BCUT2D eigenvalue weighted by Gasteiger charge is 2.46. The SMILES string of the molecule is O=S(=O)(NC[C@@H]1O[C@@H](CO)[C@@H](O)[C@H]1N1CCc2ccccc2C1)c1ccccc1. The molecule has 0 amide bonds. The lowest BCUT2D eigenvalue weighted by molar-refractivity contribution is -0.0201. The number of aliphatic hydroxyl groups excluding tert-OH is 2. The van der Waals surface area contributed by atoms with Crippen molar-refractivity contribution in [1.82, 2.24) is 9.62 Å². The zero-order valence-electron chi connectivity index (χ0n) is 16.0. The van der Waals surface area contributed by atoms with Gasteiger partial charge in [0.25, 0.3) is 0 Å². The third-order valence-electron chi connectivity index (χ3n) is 5.75. The van der Waals surface area contributed by atoms with E-state index in [9.17, 15) is 18.6 Å². The van der Waals surface area contributed by atoms with E-state index >= 15 is 0 Å². The Morgan fingerprint density at radius 3 is 2.45 bits per heavy atom. The summed E-state index contributed by atoms with van der Waals surface area (Å²) < 4.78 is 33.6. The predicted molar refractivity (Wildman–Crippen MR) is 108 cm³/mol. The first-order valence-electron chi connectivity index (χ1n) is 9.79. The summed E-state index contributed by atoms with van der Waals surface area (Å²) in [5, 5.41) is 20.4. The quantitative estimate of drug-likeness (QED) is 0.632. The molecule has 0 radical (unpaired) electrons. The van der Waals surface area contributed by atoms with Gasteiger partial charge >= 0.3 is 0 Å². The second-order valence-corrected chi connectivity index (χ2v) is 9.30. The Hall–Kier alpha value is -1.81. The van der Waals surface area contributed by atoms with Gasteiger partial charge in [-0.2, -0.15) is 0 Å². The summed E-state index contributed by atoms with van der Waals surface area (Å²) in [6.07, 6.45) is -1.34. The van der Waals surface area contributed by atoms with Crippen molar-refractivity contribution in [2.75, 3.05) is 19.7 Å². The molecule has 1 saturated heterocycles. The van der Waals surface area contributed by atoms with Crippen LogP contribution in [0.25, 0.3) is 0 Å². The van der Waals surface area contributed by atoms with E-state index < -0.39 is 34.4 Å². The van der Waals surface area contributed by atoms with Gasteiger partial charge in [0, 0.05) is 19.6 Å². The molecule has 2 aliphatic heterocycles. The molecule has 8 heteroatoms. The summed E-state index contributed by atoms with van der Waals surface area (Å²) in [6, 6.07) is 15.9. The number of nitrogens with one attached hydrogen (secondary N) is 1. The van der Waals surface area contributed by atoms with Gasteiger partial charge in [0.05, 0.1) is 23.6 Å². The van der Waals surface area contributed by atoms with Crippen LogP contribution in [0.2, 0.25) is 0 Å². The molecule has 0 spiro atoms. The van der Waals surface area contributed by atoms with Crippen molar-refractivity contribution in [2.45, 2.75) is 42.2 Å². The van der Waals surface area contributed by atoms with Crippen molar-refractivity contribution in [3.63, 3.8) is 0 Å². The van der Waals surface area contributed by atoms with Crippen LogP contribution in [-0.4, -0.2) is 67.6 Å². The van der Waals surface area contributed by atoms with Crippen LogP contribution in [0.1, 0.15) is 11.1 Å². The van der Waals surface area contributed by atoms with Crippen LogP contribution in [0.5, 0.6) is 0 Å². The number of fused-ring (bicyclic) bond motifs is 1. The number of ether oxygens (including phenoxy) is 1. The van der Waals surface area contributed by atoms with Gasteiger partial charge in [-0.05, 0) is 29.7 Å². The highest BCUT2D eigenvalue weighted by atomic mass is 32.2. The van der Waals surface area contributed by atoms with Gasteiger partial charge in [-0.1, -0.05) is 42.5 Å². The summed E-state index contributed by atoms with van der Waals surface area (Å²) in [7, 11) is -3.68. The van der Waals surface area contributed by atoms with Gasteiger partial charge in [0.2, 0.25) is 10.0 Å². The Morgan fingerprint density at radius 2 is 1.72 bits per heavy atom. The number of hydrogen-bond donors (Lipinski definition) is 3. The Labute approximate surface area is 171 Å². The van der Waals surface area contributed by atoms with Crippen LogP contribution < -0.4 is 4.72 Å². The van der Waals surface area contributed by atoms with Gasteiger partial charge in [-0.3, -0.25) is 4.90 Å². The van der Waals surface area contributed by atoms with Crippen LogP contribution >= 0.6 is 0 Å². The molecule has 0 aliphatic carbocycles. The molecule has 0 saturated carbocycles.